The van der Waals surface area contributed by atoms with Crippen LogP contribution in [0.4, 0.5) is 11.4 Å². The summed E-state index contributed by atoms with van der Waals surface area (Å²) in [7, 11) is 0. The summed E-state index contributed by atoms with van der Waals surface area (Å²) < 4.78 is 0. The lowest BCUT2D eigenvalue weighted by atomic mass is 10.1. The Morgan fingerprint density at radius 1 is 0.864 bits per heavy atom. The molecular formula is C18H16N2O2. The number of benzene rings is 3. The van der Waals surface area contributed by atoms with E-state index in [9.17, 15) is 10.2 Å². The normalized spacial score (nSPS) is 11.4. The van der Waals surface area contributed by atoms with Gasteiger partial charge in [-0.25, -0.2) is 0 Å². The summed E-state index contributed by atoms with van der Waals surface area (Å²) in [5.74, 6) is 0.167. The minimum atomic E-state index is 0.0614. The van der Waals surface area contributed by atoms with Crippen LogP contribution in [0.2, 0.25) is 0 Å². The minimum absolute atomic E-state index is 0.0614. The Hall–Kier alpha value is -2.88. The summed E-state index contributed by atoms with van der Waals surface area (Å²) in [6, 6.07) is 14.7. The average Bonchev–Trinajstić information content (AvgIpc) is 2.50. The second-order valence-corrected chi connectivity index (χ2v) is 5.30. The fraction of sp³-hybridized carbons (Fsp3) is 0.111. The largest absolute Gasteiger partial charge is 0.506 e. The number of hydrogen-bond acceptors (Lipinski definition) is 4. The molecule has 0 saturated heterocycles. The van der Waals surface area contributed by atoms with Crippen molar-refractivity contribution in [3.05, 3.63) is 59.7 Å². The molecule has 0 aliphatic heterocycles. The molecule has 3 rings (SSSR count). The molecular weight excluding hydrogens is 276 g/mol. The lowest BCUT2D eigenvalue weighted by Gasteiger charge is -2.05. The quantitative estimate of drug-likeness (QED) is 0.631. The Bertz CT molecular complexity index is 886. The molecule has 0 aromatic heterocycles. The standard InChI is InChI=1S/C18H16N2O2/c1-11-9-12(2)18(22)15(10-11)19-20-17-14-6-4-3-5-13(14)7-8-16(17)21/h3-10,21-22H,1-2H3. The van der Waals surface area contributed by atoms with Gasteiger partial charge in [-0.15, -0.1) is 10.2 Å². The van der Waals surface area contributed by atoms with Crippen molar-refractivity contribution >= 4 is 22.1 Å². The highest BCUT2D eigenvalue weighted by atomic mass is 16.3. The van der Waals surface area contributed by atoms with E-state index in [-0.39, 0.29) is 11.5 Å². The van der Waals surface area contributed by atoms with E-state index < -0.39 is 0 Å². The van der Waals surface area contributed by atoms with Crippen molar-refractivity contribution in [2.45, 2.75) is 13.8 Å². The zero-order valence-electron chi connectivity index (χ0n) is 12.4. The van der Waals surface area contributed by atoms with Gasteiger partial charge < -0.3 is 10.2 Å². The van der Waals surface area contributed by atoms with E-state index >= 15 is 0 Å². The Morgan fingerprint density at radius 2 is 1.64 bits per heavy atom. The van der Waals surface area contributed by atoms with Gasteiger partial charge in [0.2, 0.25) is 0 Å². The molecule has 0 bridgehead atoms. The van der Waals surface area contributed by atoms with Crippen LogP contribution in [0.1, 0.15) is 11.1 Å². The van der Waals surface area contributed by atoms with Crippen LogP contribution in [-0.4, -0.2) is 10.2 Å². The Kier molecular flexibility index (Phi) is 3.51. The summed E-state index contributed by atoms with van der Waals surface area (Å²) in [6.45, 7) is 3.75. The van der Waals surface area contributed by atoms with Gasteiger partial charge in [-0.05, 0) is 42.5 Å². The predicted octanol–water partition coefficient (Wildman–Crippen LogP) is 5.28. The molecule has 0 amide bonds. The molecule has 0 atom stereocenters. The molecule has 110 valence electrons. The molecule has 0 spiro atoms. The third-order valence-electron chi connectivity index (χ3n) is 3.56. The summed E-state index contributed by atoms with van der Waals surface area (Å²) in [6.07, 6.45) is 0. The lowest BCUT2D eigenvalue weighted by molar-refractivity contribution is 0.471. The van der Waals surface area contributed by atoms with Crippen molar-refractivity contribution in [1.29, 1.82) is 0 Å². The van der Waals surface area contributed by atoms with Gasteiger partial charge >= 0.3 is 0 Å². The number of aromatic hydroxyl groups is 2. The molecule has 0 saturated carbocycles. The van der Waals surface area contributed by atoms with Crippen LogP contribution in [0.15, 0.2) is 58.8 Å². The fourth-order valence-electron chi connectivity index (χ4n) is 2.47. The third kappa shape index (κ3) is 2.51. The highest BCUT2D eigenvalue weighted by Gasteiger charge is 2.08. The van der Waals surface area contributed by atoms with Gasteiger partial charge in [-0.3, -0.25) is 0 Å². The van der Waals surface area contributed by atoms with Crippen LogP contribution in [-0.2, 0) is 0 Å². The van der Waals surface area contributed by atoms with Gasteiger partial charge in [-0.1, -0.05) is 36.4 Å². The van der Waals surface area contributed by atoms with E-state index in [4.69, 9.17) is 0 Å². The number of phenols is 2. The maximum Gasteiger partial charge on any atom is 0.146 e. The molecule has 22 heavy (non-hydrogen) atoms. The Labute approximate surface area is 128 Å². The first-order valence-corrected chi connectivity index (χ1v) is 6.99. The van der Waals surface area contributed by atoms with Gasteiger partial charge in [0.05, 0.1) is 0 Å². The van der Waals surface area contributed by atoms with E-state index in [2.05, 4.69) is 10.2 Å². The monoisotopic (exact) mass is 292 g/mol. The number of phenolic OH excluding ortho intramolecular Hbond substituents is 2. The summed E-state index contributed by atoms with van der Waals surface area (Å²) >= 11 is 0. The number of hydrogen-bond donors (Lipinski definition) is 2. The molecule has 0 aliphatic rings. The Balaban J connectivity index is 2.12. The molecule has 0 heterocycles. The van der Waals surface area contributed by atoms with Gasteiger partial charge in [0.1, 0.15) is 22.9 Å². The first-order valence-electron chi connectivity index (χ1n) is 6.99. The molecule has 0 unspecified atom stereocenters. The van der Waals surface area contributed by atoms with Crippen LogP contribution < -0.4 is 0 Å². The number of fused-ring (bicyclic) bond motifs is 1. The van der Waals surface area contributed by atoms with Crippen LogP contribution >= 0.6 is 0 Å². The van der Waals surface area contributed by atoms with Crippen molar-refractivity contribution in [1.82, 2.24) is 0 Å². The number of aryl methyl sites for hydroxylation is 2. The molecule has 4 heteroatoms. The number of azo groups is 1. The van der Waals surface area contributed by atoms with E-state index in [1.165, 1.54) is 0 Å². The second kappa shape index (κ2) is 5.48. The third-order valence-corrected chi connectivity index (χ3v) is 3.56. The van der Waals surface area contributed by atoms with Crippen molar-refractivity contribution in [2.24, 2.45) is 10.2 Å². The second-order valence-electron chi connectivity index (χ2n) is 5.30. The highest BCUT2D eigenvalue weighted by molar-refractivity contribution is 5.95. The molecule has 3 aromatic rings. The summed E-state index contributed by atoms with van der Waals surface area (Å²) in [5, 5.41) is 30.2. The molecule has 4 nitrogen and oxygen atoms in total. The smallest absolute Gasteiger partial charge is 0.146 e. The predicted molar refractivity (Wildman–Crippen MR) is 87.4 cm³/mol. The van der Waals surface area contributed by atoms with Crippen molar-refractivity contribution < 1.29 is 10.2 Å². The highest BCUT2D eigenvalue weighted by Crippen LogP contribution is 2.38. The van der Waals surface area contributed by atoms with Crippen LogP contribution in [0.25, 0.3) is 10.8 Å². The van der Waals surface area contributed by atoms with Gasteiger partial charge in [0.15, 0.2) is 0 Å². The summed E-state index contributed by atoms with van der Waals surface area (Å²) in [4.78, 5) is 0. The van der Waals surface area contributed by atoms with Gasteiger partial charge in [0.25, 0.3) is 0 Å². The van der Waals surface area contributed by atoms with Gasteiger partial charge in [0, 0.05) is 5.39 Å². The minimum Gasteiger partial charge on any atom is -0.506 e. The molecule has 3 aromatic carbocycles. The topological polar surface area (TPSA) is 65.2 Å². The molecule has 0 radical (unpaired) electrons. The van der Waals surface area contributed by atoms with Crippen molar-refractivity contribution in [2.75, 3.05) is 0 Å². The van der Waals surface area contributed by atoms with Crippen LogP contribution in [0.5, 0.6) is 11.5 Å². The van der Waals surface area contributed by atoms with E-state index in [0.29, 0.717) is 11.4 Å². The number of nitrogens with zero attached hydrogens (tertiary/aromatic N) is 2. The summed E-state index contributed by atoms with van der Waals surface area (Å²) in [5.41, 5.74) is 2.53. The molecule has 0 aliphatic carbocycles. The van der Waals surface area contributed by atoms with Gasteiger partial charge in [-0.2, -0.15) is 0 Å². The first-order chi connectivity index (χ1) is 10.6. The fourth-order valence-corrected chi connectivity index (χ4v) is 2.47. The van der Waals surface area contributed by atoms with E-state index in [1.54, 1.807) is 12.1 Å². The van der Waals surface area contributed by atoms with E-state index in [1.807, 2.05) is 50.2 Å². The van der Waals surface area contributed by atoms with Crippen molar-refractivity contribution in [3.8, 4) is 11.5 Å². The van der Waals surface area contributed by atoms with Crippen LogP contribution in [0, 0.1) is 13.8 Å². The lowest BCUT2D eigenvalue weighted by Crippen LogP contribution is -1.79. The van der Waals surface area contributed by atoms with E-state index in [0.717, 1.165) is 21.9 Å². The maximum absolute atomic E-state index is 10.1. The SMILES string of the molecule is Cc1cc(C)c(O)c(N=Nc2c(O)ccc3ccccc23)c1. The molecule has 2 N–H and O–H groups in total. The maximum atomic E-state index is 10.1. The average molecular weight is 292 g/mol. The first kappa shape index (κ1) is 14.1. The Morgan fingerprint density at radius 3 is 2.45 bits per heavy atom. The zero-order chi connectivity index (χ0) is 15.7. The van der Waals surface area contributed by atoms with Crippen LogP contribution in [0.3, 0.4) is 0 Å². The number of rotatable bonds is 2. The zero-order valence-corrected chi connectivity index (χ0v) is 12.4. The molecule has 0 fully saturated rings. The van der Waals surface area contributed by atoms with Crippen molar-refractivity contribution in [3.63, 3.8) is 0 Å².